The van der Waals surface area contributed by atoms with Crippen molar-refractivity contribution in [2.24, 2.45) is 0 Å². The molecule has 2 amide bonds. The highest BCUT2D eigenvalue weighted by molar-refractivity contribution is 5.74. The van der Waals surface area contributed by atoms with Crippen LogP contribution in [-0.4, -0.2) is 94.4 Å². The Balaban J connectivity index is 2.35. The SMILES string of the molecule is CN(C)CCN(CCN(C)C)C(=O)NCC1CCCO1. The van der Waals surface area contributed by atoms with E-state index in [1.54, 1.807) is 0 Å². The zero-order chi connectivity index (χ0) is 15.0. The molecule has 6 nitrogen and oxygen atoms in total. The lowest BCUT2D eigenvalue weighted by atomic mass is 10.2. The molecule has 118 valence electrons. The number of rotatable bonds is 8. The summed E-state index contributed by atoms with van der Waals surface area (Å²) in [6, 6.07) is 0.0178. The lowest BCUT2D eigenvalue weighted by molar-refractivity contribution is 0.108. The molecule has 0 radical (unpaired) electrons. The topological polar surface area (TPSA) is 48.0 Å². The maximum Gasteiger partial charge on any atom is 0.317 e. The van der Waals surface area contributed by atoms with Gasteiger partial charge < -0.3 is 24.8 Å². The Labute approximate surface area is 123 Å². The van der Waals surface area contributed by atoms with Crippen molar-refractivity contribution >= 4 is 6.03 Å². The smallest absolute Gasteiger partial charge is 0.317 e. The molecule has 0 aliphatic carbocycles. The molecular weight excluding hydrogens is 256 g/mol. The zero-order valence-electron chi connectivity index (χ0n) is 13.4. The first-order valence-corrected chi connectivity index (χ1v) is 7.43. The fraction of sp³-hybridized carbons (Fsp3) is 0.929. The first-order chi connectivity index (χ1) is 9.49. The Morgan fingerprint density at radius 3 is 2.15 bits per heavy atom. The summed E-state index contributed by atoms with van der Waals surface area (Å²) in [4.78, 5) is 18.3. The highest BCUT2D eigenvalue weighted by atomic mass is 16.5. The number of carbonyl (C=O) groups excluding carboxylic acids is 1. The van der Waals surface area contributed by atoms with Crippen LogP contribution in [0.25, 0.3) is 0 Å². The van der Waals surface area contributed by atoms with Gasteiger partial charge in [0.05, 0.1) is 6.10 Å². The third-order valence-corrected chi connectivity index (χ3v) is 3.43. The number of amides is 2. The summed E-state index contributed by atoms with van der Waals surface area (Å²) in [6.07, 6.45) is 2.35. The van der Waals surface area contributed by atoms with E-state index in [4.69, 9.17) is 4.74 Å². The first-order valence-electron chi connectivity index (χ1n) is 7.43. The van der Waals surface area contributed by atoms with E-state index in [2.05, 4.69) is 15.1 Å². The van der Waals surface area contributed by atoms with Gasteiger partial charge in [-0.3, -0.25) is 0 Å². The minimum Gasteiger partial charge on any atom is -0.376 e. The van der Waals surface area contributed by atoms with E-state index in [0.29, 0.717) is 6.54 Å². The van der Waals surface area contributed by atoms with Gasteiger partial charge in [-0.15, -0.1) is 0 Å². The molecule has 1 atom stereocenters. The molecule has 0 aromatic heterocycles. The monoisotopic (exact) mass is 286 g/mol. The Bertz CT molecular complexity index is 266. The van der Waals surface area contributed by atoms with Crippen molar-refractivity contribution in [2.75, 3.05) is 67.5 Å². The highest BCUT2D eigenvalue weighted by Gasteiger charge is 2.18. The minimum atomic E-state index is 0.0178. The second-order valence-electron chi connectivity index (χ2n) is 5.91. The molecule has 0 aromatic carbocycles. The third-order valence-electron chi connectivity index (χ3n) is 3.43. The number of ether oxygens (including phenoxy) is 1. The Kier molecular flexibility index (Phi) is 7.87. The van der Waals surface area contributed by atoms with Crippen molar-refractivity contribution < 1.29 is 9.53 Å². The van der Waals surface area contributed by atoms with E-state index >= 15 is 0 Å². The largest absolute Gasteiger partial charge is 0.376 e. The minimum absolute atomic E-state index is 0.0178. The van der Waals surface area contributed by atoms with Crippen molar-refractivity contribution in [3.63, 3.8) is 0 Å². The van der Waals surface area contributed by atoms with Gasteiger partial charge in [-0.25, -0.2) is 4.79 Å². The van der Waals surface area contributed by atoms with Crippen LogP contribution < -0.4 is 5.32 Å². The van der Waals surface area contributed by atoms with Crippen molar-refractivity contribution in [2.45, 2.75) is 18.9 Å². The summed E-state index contributed by atoms with van der Waals surface area (Å²) in [5.41, 5.74) is 0. The van der Waals surface area contributed by atoms with Crippen LogP contribution in [0.15, 0.2) is 0 Å². The van der Waals surface area contributed by atoms with Gasteiger partial charge in [0.1, 0.15) is 0 Å². The Hall–Kier alpha value is -0.850. The summed E-state index contributed by atoms with van der Waals surface area (Å²) in [5.74, 6) is 0. The average molecular weight is 286 g/mol. The molecule has 1 saturated heterocycles. The van der Waals surface area contributed by atoms with Crippen molar-refractivity contribution in [1.82, 2.24) is 20.0 Å². The van der Waals surface area contributed by atoms with E-state index in [1.165, 1.54) is 0 Å². The number of hydrogen-bond donors (Lipinski definition) is 1. The van der Waals surface area contributed by atoms with Gasteiger partial charge in [0.2, 0.25) is 0 Å². The first kappa shape index (κ1) is 17.2. The van der Waals surface area contributed by atoms with E-state index in [1.807, 2.05) is 33.1 Å². The predicted octanol–water partition coefficient (Wildman–Crippen LogP) is 0.300. The lowest BCUT2D eigenvalue weighted by Gasteiger charge is -2.26. The maximum absolute atomic E-state index is 12.2. The molecule has 0 saturated carbocycles. The molecule has 6 heteroatoms. The second kappa shape index (κ2) is 9.15. The number of carbonyl (C=O) groups is 1. The van der Waals surface area contributed by atoms with E-state index < -0.39 is 0 Å². The second-order valence-corrected chi connectivity index (χ2v) is 5.91. The summed E-state index contributed by atoms with van der Waals surface area (Å²) in [6.45, 7) is 4.70. The number of hydrogen-bond acceptors (Lipinski definition) is 4. The molecule has 1 unspecified atom stereocenters. The van der Waals surface area contributed by atoms with Gasteiger partial charge >= 0.3 is 6.03 Å². The number of nitrogens with one attached hydrogen (secondary N) is 1. The molecule has 1 fully saturated rings. The van der Waals surface area contributed by atoms with Gasteiger partial charge in [-0.05, 0) is 41.0 Å². The standard InChI is InChI=1S/C14H30N4O2/c1-16(2)7-9-18(10-8-17(3)4)14(19)15-12-13-6-5-11-20-13/h13H,5-12H2,1-4H3,(H,15,19). The van der Waals surface area contributed by atoms with Crippen molar-refractivity contribution in [3.05, 3.63) is 0 Å². The maximum atomic E-state index is 12.2. The summed E-state index contributed by atoms with van der Waals surface area (Å²) in [5, 5.41) is 3.00. The molecule has 0 spiro atoms. The van der Waals surface area contributed by atoms with E-state index in [-0.39, 0.29) is 12.1 Å². The summed E-state index contributed by atoms with van der Waals surface area (Å²) >= 11 is 0. The average Bonchev–Trinajstić information content (AvgIpc) is 2.88. The lowest BCUT2D eigenvalue weighted by Crippen LogP contribution is -2.47. The van der Waals surface area contributed by atoms with Crippen LogP contribution in [0.5, 0.6) is 0 Å². The molecular formula is C14H30N4O2. The van der Waals surface area contributed by atoms with E-state index in [0.717, 1.165) is 45.6 Å². The van der Waals surface area contributed by atoms with Crippen molar-refractivity contribution in [1.29, 1.82) is 0 Å². The molecule has 20 heavy (non-hydrogen) atoms. The number of likely N-dealkylation sites (N-methyl/N-ethyl adjacent to an activating group) is 2. The van der Waals surface area contributed by atoms with Crippen LogP contribution in [0.1, 0.15) is 12.8 Å². The van der Waals surface area contributed by atoms with Crippen LogP contribution in [0.3, 0.4) is 0 Å². The number of nitrogens with zero attached hydrogens (tertiary/aromatic N) is 3. The summed E-state index contributed by atoms with van der Waals surface area (Å²) in [7, 11) is 8.09. The zero-order valence-corrected chi connectivity index (χ0v) is 13.4. The quantitative estimate of drug-likeness (QED) is 0.697. The molecule has 1 rings (SSSR count). The van der Waals surface area contributed by atoms with E-state index in [9.17, 15) is 4.79 Å². The molecule has 1 N–H and O–H groups in total. The van der Waals surface area contributed by atoms with Crippen LogP contribution >= 0.6 is 0 Å². The predicted molar refractivity (Wildman–Crippen MR) is 81.1 cm³/mol. The molecule has 0 bridgehead atoms. The molecule has 0 aromatic rings. The van der Waals surface area contributed by atoms with Crippen molar-refractivity contribution in [3.8, 4) is 0 Å². The fourth-order valence-electron chi connectivity index (χ4n) is 2.07. The van der Waals surface area contributed by atoms with Gasteiger partial charge in [0.25, 0.3) is 0 Å². The Morgan fingerprint density at radius 1 is 1.10 bits per heavy atom. The van der Waals surface area contributed by atoms with Gasteiger partial charge in [0.15, 0.2) is 0 Å². The van der Waals surface area contributed by atoms with Crippen LogP contribution in [-0.2, 0) is 4.74 Å². The van der Waals surface area contributed by atoms with Crippen LogP contribution in [0.4, 0.5) is 4.79 Å². The third kappa shape index (κ3) is 7.07. The molecule has 1 aliphatic rings. The van der Waals surface area contributed by atoms with Gasteiger partial charge in [-0.1, -0.05) is 0 Å². The normalized spacial score (nSPS) is 18.8. The summed E-state index contributed by atoms with van der Waals surface area (Å²) < 4.78 is 5.53. The molecule has 1 aliphatic heterocycles. The number of urea groups is 1. The highest BCUT2D eigenvalue weighted by Crippen LogP contribution is 2.10. The molecule has 1 heterocycles. The van der Waals surface area contributed by atoms with Gasteiger partial charge in [0, 0.05) is 39.3 Å². The van der Waals surface area contributed by atoms with Gasteiger partial charge in [-0.2, -0.15) is 0 Å². The fourth-order valence-corrected chi connectivity index (χ4v) is 2.07. The van der Waals surface area contributed by atoms with Crippen LogP contribution in [0, 0.1) is 0 Å². The van der Waals surface area contributed by atoms with Crippen LogP contribution in [0.2, 0.25) is 0 Å². The Morgan fingerprint density at radius 2 is 1.70 bits per heavy atom.